The van der Waals surface area contributed by atoms with Gasteiger partial charge >= 0.3 is 0 Å². The highest BCUT2D eigenvalue weighted by Crippen LogP contribution is 2.16. The molecule has 0 aliphatic carbocycles. The van der Waals surface area contributed by atoms with Crippen molar-refractivity contribution in [2.45, 2.75) is 13.1 Å². The zero-order valence-corrected chi connectivity index (χ0v) is 12.1. The number of aromatic amines is 1. The smallest absolute Gasteiger partial charge is 0.266 e. The van der Waals surface area contributed by atoms with Crippen molar-refractivity contribution < 1.29 is 9.59 Å². The first-order valence-corrected chi connectivity index (χ1v) is 6.87. The van der Waals surface area contributed by atoms with E-state index >= 15 is 0 Å². The van der Waals surface area contributed by atoms with Crippen molar-refractivity contribution in [3.63, 3.8) is 0 Å². The topological polar surface area (TPSA) is 114 Å². The first-order valence-electron chi connectivity index (χ1n) is 6.49. The maximum Gasteiger partial charge on any atom is 0.266 e. The Bertz CT molecular complexity index is 825. The molecule has 0 spiro atoms. The lowest BCUT2D eigenvalue weighted by atomic mass is 10.2. The number of halogens is 1. The summed E-state index contributed by atoms with van der Waals surface area (Å²) in [5, 5.41) is 0.275. The molecule has 0 radical (unpaired) electrons. The van der Waals surface area contributed by atoms with Crippen LogP contribution in [0, 0.1) is 0 Å². The third-order valence-corrected chi connectivity index (χ3v) is 3.72. The summed E-state index contributed by atoms with van der Waals surface area (Å²) in [6.45, 7) is 0.921. The minimum absolute atomic E-state index is 0.0253. The van der Waals surface area contributed by atoms with Gasteiger partial charge in [-0.15, -0.1) is 0 Å². The molecule has 0 saturated carbocycles. The summed E-state index contributed by atoms with van der Waals surface area (Å²) in [6, 6.07) is 1.33. The molecule has 8 nitrogen and oxygen atoms in total. The molecule has 0 unspecified atom stereocenters. The first kappa shape index (κ1) is 14.3. The van der Waals surface area contributed by atoms with Gasteiger partial charge in [0, 0.05) is 19.3 Å². The lowest BCUT2D eigenvalue weighted by Crippen LogP contribution is -2.41. The van der Waals surface area contributed by atoms with E-state index in [0.29, 0.717) is 24.6 Å². The third kappa shape index (κ3) is 2.37. The average molecular weight is 322 g/mol. The Morgan fingerprint density at radius 3 is 2.86 bits per heavy atom. The van der Waals surface area contributed by atoms with E-state index in [1.54, 1.807) is 4.57 Å². The van der Waals surface area contributed by atoms with Crippen LogP contribution >= 0.6 is 11.6 Å². The summed E-state index contributed by atoms with van der Waals surface area (Å²) in [6.07, 6.45) is 2.71. The number of rotatable bonds is 2. The molecule has 0 saturated heterocycles. The molecule has 2 amide bonds. The fourth-order valence-corrected chi connectivity index (χ4v) is 2.58. The molecular formula is C13H12ClN5O3. The number of aromatic nitrogens is 3. The van der Waals surface area contributed by atoms with Crippen LogP contribution in [-0.4, -0.2) is 37.8 Å². The number of nitrogens with one attached hydrogen (secondary N) is 1. The second-order valence-corrected chi connectivity index (χ2v) is 5.30. The van der Waals surface area contributed by atoms with Crippen LogP contribution in [0.4, 0.5) is 0 Å². The van der Waals surface area contributed by atoms with E-state index in [-0.39, 0.29) is 17.1 Å². The number of imidazole rings is 1. The van der Waals surface area contributed by atoms with Crippen LogP contribution in [0.2, 0.25) is 5.02 Å². The van der Waals surface area contributed by atoms with E-state index in [4.69, 9.17) is 17.3 Å². The lowest BCUT2D eigenvalue weighted by molar-refractivity contribution is 0.0704. The molecule has 0 bridgehead atoms. The van der Waals surface area contributed by atoms with Crippen molar-refractivity contribution in [3.8, 4) is 0 Å². The van der Waals surface area contributed by atoms with Gasteiger partial charge in [0.25, 0.3) is 17.4 Å². The van der Waals surface area contributed by atoms with Crippen molar-refractivity contribution in [1.29, 1.82) is 0 Å². The van der Waals surface area contributed by atoms with Crippen LogP contribution in [0.25, 0.3) is 0 Å². The van der Waals surface area contributed by atoms with Crippen molar-refractivity contribution in [3.05, 3.63) is 50.9 Å². The summed E-state index contributed by atoms with van der Waals surface area (Å²) in [4.78, 5) is 43.5. The van der Waals surface area contributed by atoms with Gasteiger partial charge in [-0.2, -0.15) is 0 Å². The van der Waals surface area contributed by atoms with E-state index < -0.39 is 17.4 Å². The average Bonchev–Trinajstić information content (AvgIpc) is 2.92. The number of carbonyl (C=O) groups excluding carboxylic acids is 2. The molecule has 1 aliphatic rings. The summed E-state index contributed by atoms with van der Waals surface area (Å²) >= 11 is 5.81. The monoisotopic (exact) mass is 321 g/mol. The van der Waals surface area contributed by atoms with E-state index in [1.807, 2.05) is 0 Å². The van der Waals surface area contributed by atoms with E-state index in [1.165, 1.54) is 23.4 Å². The van der Waals surface area contributed by atoms with Gasteiger partial charge in [-0.3, -0.25) is 14.4 Å². The molecule has 0 fully saturated rings. The standard InChI is InChI=1S/C13H12ClN5O3/c14-7-3-8(12(21)17-4-7)13(22)18-1-2-19-9(11(15)20)5-16-10(19)6-18/h3-5H,1-2,6H2,(H2,15,20)(H,17,21). The predicted molar refractivity (Wildman–Crippen MR) is 77.6 cm³/mol. The molecule has 3 N–H and O–H groups in total. The minimum Gasteiger partial charge on any atom is -0.364 e. The third-order valence-electron chi connectivity index (χ3n) is 3.50. The molecule has 3 rings (SSSR count). The van der Waals surface area contributed by atoms with Gasteiger partial charge in [-0.05, 0) is 6.07 Å². The molecule has 0 atom stereocenters. The van der Waals surface area contributed by atoms with Gasteiger partial charge in [0.2, 0.25) is 0 Å². The molecule has 9 heteroatoms. The normalized spacial score (nSPS) is 13.8. The Kier molecular flexibility index (Phi) is 3.45. The summed E-state index contributed by atoms with van der Waals surface area (Å²) in [5.41, 5.74) is 5.05. The van der Waals surface area contributed by atoms with Crippen LogP contribution in [0.15, 0.2) is 23.3 Å². The quantitative estimate of drug-likeness (QED) is 0.809. The summed E-state index contributed by atoms with van der Waals surface area (Å²) in [7, 11) is 0. The highest BCUT2D eigenvalue weighted by atomic mass is 35.5. The molecule has 0 aromatic carbocycles. The number of fused-ring (bicyclic) bond motifs is 1. The van der Waals surface area contributed by atoms with Crippen LogP contribution in [0.5, 0.6) is 0 Å². The van der Waals surface area contributed by atoms with Gasteiger partial charge < -0.3 is 20.2 Å². The number of amides is 2. The zero-order chi connectivity index (χ0) is 15.9. The van der Waals surface area contributed by atoms with E-state index in [2.05, 4.69) is 9.97 Å². The Morgan fingerprint density at radius 1 is 1.36 bits per heavy atom. The SMILES string of the molecule is NC(=O)c1cnc2n1CCN(C(=O)c1cc(Cl)c[nH]c1=O)C2. The second-order valence-electron chi connectivity index (χ2n) is 4.86. The van der Waals surface area contributed by atoms with Crippen molar-refractivity contribution >= 4 is 23.4 Å². The maximum atomic E-state index is 12.4. The van der Waals surface area contributed by atoms with E-state index in [0.717, 1.165) is 0 Å². The van der Waals surface area contributed by atoms with Gasteiger partial charge in [-0.1, -0.05) is 11.6 Å². The number of hydrogen-bond acceptors (Lipinski definition) is 4. The number of nitrogens with zero attached hydrogens (tertiary/aromatic N) is 3. The lowest BCUT2D eigenvalue weighted by Gasteiger charge is -2.28. The molecule has 22 heavy (non-hydrogen) atoms. The molecule has 2 aromatic rings. The predicted octanol–water partition coefficient (Wildman–Crippen LogP) is -0.0203. The first-order chi connectivity index (χ1) is 10.5. The van der Waals surface area contributed by atoms with Crippen molar-refractivity contribution in [1.82, 2.24) is 19.4 Å². The Hall–Kier alpha value is -2.61. The molecule has 2 aromatic heterocycles. The number of carbonyl (C=O) groups is 2. The molecule has 1 aliphatic heterocycles. The number of pyridine rings is 1. The van der Waals surface area contributed by atoms with Crippen LogP contribution in [0.3, 0.4) is 0 Å². The number of H-pyrrole nitrogens is 1. The van der Waals surface area contributed by atoms with Gasteiger partial charge in [0.05, 0.1) is 17.8 Å². The van der Waals surface area contributed by atoms with Crippen LogP contribution in [0.1, 0.15) is 26.7 Å². The largest absolute Gasteiger partial charge is 0.364 e. The number of hydrogen-bond donors (Lipinski definition) is 2. The van der Waals surface area contributed by atoms with E-state index in [9.17, 15) is 14.4 Å². The maximum absolute atomic E-state index is 12.4. The number of primary amides is 1. The van der Waals surface area contributed by atoms with Crippen LogP contribution in [-0.2, 0) is 13.1 Å². The second kappa shape index (κ2) is 5.30. The molecule has 114 valence electrons. The summed E-state index contributed by atoms with van der Waals surface area (Å²) in [5.74, 6) is -0.449. The summed E-state index contributed by atoms with van der Waals surface area (Å²) < 4.78 is 1.67. The van der Waals surface area contributed by atoms with Crippen molar-refractivity contribution in [2.75, 3.05) is 6.54 Å². The Balaban J connectivity index is 1.88. The van der Waals surface area contributed by atoms with Crippen molar-refractivity contribution in [2.24, 2.45) is 5.73 Å². The zero-order valence-electron chi connectivity index (χ0n) is 11.4. The number of nitrogens with two attached hydrogens (primary N) is 1. The Morgan fingerprint density at radius 2 is 2.14 bits per heavy atom. The van der Waals surface area contributed by atoms with Gasteiger partial charge in [0.1, 0.15) is 17.1 Å². The van der Waals surface area contributed by atoms with Gasteiger partial charge in [-0.25, -0.2) is 4.98 Å². The minimum atomic E-state index is -0.565. The highest BCUT2D eigenvalue weighted by molar-refractivity contribution is 6.30. The highest BCUT2D eigenvalue weighted by Gasteiger charge is 2.26. The van der Waals surface area contributed by atoms with Gasteiger partial charge in [0.15, 0.2) is 0 Å². The Labute approximate surface area is 129 Å². The molecular weight excluding hydrogens is 310 g/mol. The fourth-order valence-electron chi connectivity index (χ4n) is 2.42. The molecule has 3 heterocycles. The fraction of sp³-hybridized carbons (Fsp3) is 0.231. The van der Waals surface area contributed by atoms with Crippen LogP contribution < -0.4 is 11.3 Å².